The van der Waals surface area contributed by atoms with Gasteiger partial charge in [-0.2, -0.15) is 0 Å². The molecule has 2 aliphatic rings. The first kappa shape index (κ1) is 17.8. The van der Waals surface area contributed by atoms with E-state index >= 15 is 0 Å². The first-order chi connectivity index (χ1) is 13.0. The largest absolute Gasteiger partial charge is 0.335 e. The third-order valence-corrected chi connectivity index (χ3v) is 6.07. The van der Waals surface area contributed by atoms with Crippen molar-refractivity contribution >= 4 is 29.2 Å². The van der Waals surface area contributed by atoms with Gasteiger partial charge in [-0.25, -0.2) is 14.1 Å². The molecule has 0 radical (unpaired) electrons. The number of nitrogens with zero attached hydrogens (tertiary/aromatic N) is 2. The standard InChI is InChI=1S/C19H18FN3O3S/c20-14-6-4-13(5-7-14)19(8-2-9-19)21-12-23-17(25)16(24)22(18(23)26)11-15-3-1-10-27-15/h1,3-7,10,21H,2,8-9,11-12H2. The average molecular weight is 387 g/mol. The molecule has 1 aliphatic heterocycles. The highest BCUT2D eigenvalue weighted by molar-refractivity contribution is 7.09. The van der Waals surface area contributed by atoms with Crippen LogP contribution in [0.4, 0.5) is 9.18 Å². The Kier molecular flexibility index (Phi) is 4.53. The maximum Gasteiger partial charge on any atom is 0.335 e. The summed E-state index contributed by atoms with van der Waals surface area (Å²) in [5, 5.41) is 5.11. The molecule has 0 unspecified atom stereocenters. The molecular weight excluding hydrogens is 369 g/mol. The molecule has 0 bridgehead atoms. The summed E-state index contributed by atoms with van der Waals surface area (Å²) in [5.41, 5.74) is 0.509. The number of amides is 4. The van der Waals surface area contributed by atoms with Gasteiger partial charge in [-0.1, -0.05) is 18.2 Å². The quantitative estimate of drug-likeness (QED) is 0.611. The van der Waals surface area contributed by atoms with Crippen molar-refractivity contribution < 1.29 is 18.8 Å². The first-order valence-electron chi connectivity index (χ1n) is 8.71. The average Bonchev–Trinajstić information content (AvgIpc) is 3.20. The van der Waals surface area contributed by atoms with E-state index in [1.807, 2.05) is 17.5 Å². The third-order valence-electron chi connectivity index (χ3n) is 5.21. The Morgan fingerprint density at radius 2 is 1.74 bits per heavy atom. The first-order valence-corrected chi connectivity index (χ1v) is 9.59. The predicted molar refractivity (Wildman–Crippen MR) is 97.0 cm³/mol. The van der Waals surface area contributed by atoms with Gasteiger partial charge in [0, 0.05) is 10.4 Å². The number of hydrogen-bond acceptors (Lipinski definition) is 5. The fourth-order valence-electron chi connectivity index (χ4n) is 3.48. The molecule has 4 rings (SSSR count). The fourth-order valence-corrected chi connectivity index (χ4v) is 4.18. The SMILES string of the molecule is O=C1C(=O)N(Cc2cccs2)C(=O)N1CNC1(c2ccc(F)cc2)CCC1. The number of benzene rings is 1. The number of nitrogens with one attached hydrogen (secondary N) is 1. The molecule has 140 valence electrons. The van der Waals surface area contributed by atoms with Gasteiger partial charge in [0.25, 0.3) is 0 Å². The fraction of sp³-hybridized carbons (Fsp3) is 0.316. The molecule has 2 aromatic rings. The highest BCUT2D eigenvalue weighted by atomic mass is 32.1. The van der Waals surface area contributed by atoms with Crippen LogP contribution in [0.15, 0.2) is 41.8 Å². The van der Waals surface area contributed by atoms with E-state index in [1.54, 1.807) is 12.1 Å². The molecule has 0 atom stereocenters. The number of halogens is 1. The lowest BCUT2D eigenvalue weighted by Crippen LogP contribution is -2.53. The normalized spacial score (nSPS) is 18.9. The van der Waals surface area contributed by atoms with Gasteiger partial charge in [-0.3, -0.25) is 19.8 Å². The molecule has 1 saturated heterocycles. The molecule has 8 heteroatoms. The lowest BCUT2D eigenvalue weighted by atomic mass is 9.72. The minimum Gasteiger partial charge on any atom is -0.290 e. The summed E-state index contributed by atoms with van der Waals surface area (Å²) in [6.07, 6.45) is 2.64. The van der Waals surface area contributed by atoms with Crippen molar-refractivity contribution in [3.8, 4) is 0 Å². The summed E-state index contributed by atoms with van der Waals surface area (Å²) < 4.78 is 13.2. The maximum atomic E-state index is 13.2. The number of carbonyl (C=O) groups is 3. The summed E-state index contributed by atoms with van der Waals surface area (Å²) in [5.74, 6) is -1.94. The summed E-state index contributed by atoms with van der Waals surface area (Å²) in [6, 6.07) is 9.25. The lowest BCUT2D eigenvalue weighted by molar-refractivity contribution is -0.143. The zero-order chi connectivity index (χ0) is 19.0. The van der Waals surface area contributed by atoms with Crippen LogP contribution in [0.2, 0.25) is 0 Å². The van der Waals surface area contributed by atoms with Crippen molar-refractivity contribution in [2.24, 2.45) is 0 Å². The minimum atomic E-state index is -0.822. The third kappa shape index (κ3) is 3.15. The number of thiophene rings is 1. The lowest BCUT2D eigenvalue weighted by Gasteiger charge is -2.44. The topological polar surface area (TPSA) is 69.7 Å². The van der Waals surface area contributed by atoms with Crippen LogP contribution in [0.3, 0.4) is 0 Å². The van der Waals surface area contributed by atoms with Crippen molar-refractivity contribution in [1.82, 2.24) is 15.1 Å². The van der Waals surface area contributed by atoms with Gasteiger partial charge in [-0.05, 0) is 48.4 Å². The Bertz CT molecular complexity index is 878. The monoisotopic (exact) mass is 387 g/mol. The van der Waals surface area contributed by atoms with Crippen molar-refractivity contribution in [3.05, 3.63) is 58.0 Å². The summed E-state index contributed by atoms with van der Waals surface area (Å²) in [6.45, 7) is 0.0440. The maximum absolute atomic E-state index is 13.2. The van der Waals surface area contributed by atoms with Crippen LogP contribution in [-0.4, -0.2) is 34.3 Å². The Labute approximate surface area is 159 Å². The van der Waals surface area contributed by atoms with Crippen molar-refractivity contribution in [1.29, 1.82) is 0 Å². The Hall–Kier alpha value is -2.58. The van der Waals surface area contributed by atoms with E-state index in [1.165, 1.54) is 23.5 Å². The number of hydrogen-bond donors (Lipinski definition) is 1. The molecule has 4 amide bonds. The Balaban J connectivity index is 1.47. The van der Waals surface area contributed by atoms with Gasteiger partial charge in [0.05, 0.1) is 13.2 Å². The van der Waals surface area contributed by atoms with Crippen LogP contribution in [0, 0.1) is 5.82 Å². The van der Waals surface area contributed by atoms with Gasteiger partial charge < -0.3 is 0 Å². The van der Waals surface area contributed by atoms with E-state index in [0.717, 1.165) is 39.5 Å². The van der Waals surface area contributed by atoms with Crippen LogP contribution in [0.5, 0.6) is 0 Å². The number of urea groups is 1. The second-order valence-corrected chi connectivity index (χ2v) is 7.80. The highest BCUT2D eigenvalue weighted by Gasteiger charge is 2.46. The van der Waals surface area contributed by atoms with Gasteiger partial charge in [-0.15, -0.1) is 11.3 Å². The molecule has 1 aromatic carbocycles. The smallest absolute Gasteiger partial charge is 0.290 e. The molecule has 0 spiro atoms. The van der Waals surface area contributed by atoms with E-state index in [9.17, 15) is 18.8 Å². The van der Waals surface area contributed by atoms with Crippen LogP contribution < -0.4 is 5.32 Å². The van der Waals surface area contributed by atoms with Gasteiger partial charge in [0.2, 0.25) is 0 Å². The molecule has 6 nitrogen and oxygen atoms in total. The van der Waals surface area contributed by atoms with Crippen LogP contribution in [-0.2, 0) is 21.7 Å². The van der Waals surface area contributed by atoms with E-state index in [4.69, 9.17) is 0 Å². The zero-order valence-corrected chi connectivity index (χ0v) is 15.3. The molecule has 1 N–H and O–H groups in total. The van der Waals surface area contributed by atoms with E-state index in [-0.39, 0.29) is 19.0 Å². The number of imide groups is 2. The predicted octanol–water partition coefficient (Wildman–Crippen LogP) is 2.80. The van der Waals surface area contributed by atoms with Crippen LogP contribution in [0.25, 0.3) is 0 Å². The van der Waals surface area contributed by atoms with Gasteiger partial charge in [0.1, 0.15) is 5.82 Å². The molecule has 2 heterocycles. The second-order valence-electron chi connectivity index (χ2n) is 6.76. The molecule has 1 saturated carbocycles. The Morgan fingerprint density at radius 3 is 2.33 bits per heavy atom. The van der Waals surface area contributed by atoms with Gasteiger partial charge >= 0.3 is 17.8 Å². The minimum absolute atomic E-state index is 0.0538. The molecule has 1 aromatic heterocycles. The van der Waals surface area contributed by atoms with Gasteiger partial charge in [0.15, 0.2) is 0 Å². The number of carbonyl (C=O) groups excluding carboxylic acids is 3. The van der Waals surface area contributed by atoms with Crippen LogP contribution in [0.1, 0.15) is 29.7 Å². The van der Waals surface area contributed by atoms with Crippen molar-refractivity contribution in [2.45, 2.75) is 31.3 Å². The Morgan fingerprint density at radius 1 is 1.04 bits per heavy atom. The van der Waals surface area contributed by atoms with E-state index < -0.39 is 23.4 Å². The summed E-state index contributed by atoms with van der Waals surface area (Å²) in [4.78, 5) is 39.8. The second kappa shape index (κ2) is 6.86. The summed E-state index contributed by atoms with van der Waals surface area (Å²) in [7, 11) is 0. The van der Waals surface area contributed by atoms with E-state index in [0.29, 0.717) is 0 Å². The van der Waals surface area contributed by atoms with Crippen molar-refractivity contribution in [3.63, 3.8) is 0 Å². The zero-order valence-electron chi connectivity index (χ0n) is 14.5. The molecule has 1 aliphatic carbocycles. The number of rotatable bonds is 6. The molecule has 27 heavy (non-hydrogen) atoms. The summed E-state index contributed by atoms with van der Waals surface area (Å²) >= 11 is 1.42. The molecular formula is C19H18FN3O3S. The van der Waals surface area contributed by atoms with Crippen LogP contribution >= 0.6 is 11.3 Å². The molecule has 2 fully saturated rings. The van der Waals surface area contributed by atoms with E-state index in [2.05, 4.69) is 5.32 Å². The van der Waals surface area contributed by atoms with Crippen molar-refractivity contribution in [2.75, 3.05) is 6.67 Å². The highest BCUT2D eigenvalue weighted by Crippen LogP contribution is 2.41.